The predicted octanol–water partition coefficient (Wildman–Crippen LogP) is 5.15. The van der Waals surface area contributed by atoms with E-state index in [4.69, 9.17) is 11.6 Å². The van der Waals surface area contributed by atoms with Crippen LogP contribution in [0.4, 0.5) is 5.69 Å². The number of aromatic amines is 1. The van der Waals surface area contributed by atoms with Crippen LogP contribution in [-0.2, 0) is 26.0 Å². The molecule has 0 radical (unpaired) electrons. The van der Waals surface area contributed by atoms with Crippen LogP contribution in [0.1, 0.15) is 12.0 Å². The van der Waals surface area contributed by atoms with Crippen molar-refractivity contribution in [1.82, 2.24) is 9.29 Å². The molecule has 0 aliphatic carbocycles. The van der Waals surface area contributed by atoms with Gasteiger partial charge in [-0.25, -0.2) is 13.3 Å². The number of hydrogen-bond donors (Lipinski definition) is 1. The minimum atomic E-state index is -4.12. The molecule has 1 N–H and O–H groups in total. The highest BCUT2D eigenvalue weighted by Crippen LogP contribution is 2.31. The van der Waals surface area contributed by atoms with Crippen LogP contribution in [-0.4, -0.2) is 42.1 Å². The fraction of sp³-hybridized carbons (Fsp3) is 0.154. The van der Waals surface area contributed by atoms with Crippen molar-refractivity contribution in [1.29, 1.82) is 0 Å². The minimum absolute atomic E-state index is 0.00756. The molecule has 2 amide bonds. The zero-order valence-electron chi connectivity index (χ0n) is 18.9. The van der Waals surface area contributed by atoms with Crippen molar-refractivity contribution in [3.05, 3.63) is 94.1 Å². The molecule has 4 aromatic rings. The first-order chi connectivity index (χ1) is 17.3. The van der Waals surface area contributed by atoms with E-state index in [1.165, 1.54) is 24.3 Å². The molecule has 5 rings (SSSR count). The number of amides is 2. The Morgan fingerprint density at radius 1 is 1.00 bits per heavy atom. The van der Waals surface area contributed by atoms with Crippen LogP contribution in [0.15, 0.2) is 88.4 Å². The van der Waals surface area contributed by atoms with Crippen LogP contribution in [0, 0.1) is 0 Å². The number of rotatable bonds is 7. The summed E-state index contributed by atoms with van der Waals surface area (Å²) in [6.45, 7) is 0.0185. The van der Waals surface area contributed by atoms with Gasteiger partial charge in [0.1, 0.15) is 6.04 Å². The largest absolute Gasteiger partial charge is 0.361 e. The van der Waals surface area contributed by atoms with Crippen LogP contribution in [0.2, 0.25) is 5.02 Å². The first kappa shape index (κ1) is 24.7. The highest BCUT2D eigenvalue weighted by atomic mass is 79.9. The summed E-state index contributed by atoms with van der Waals surface area (Å²) in [4.78, 5) is 30.7. The van der Waals surface area contributed by atoms with Gasteiger partial charge in [0.25, 0.3) is 5.91 Å². The fourth-order valence-corrected chi connectivity index (χ4v) is 6.43. The second-order valence-electron chi connectivity index (χ2n) is 8.44. The molecule has 1 fully saturated rings. The van der Waals surface area contributed by atoms with Gasteiger partial charge in [-0.3, -0.25) is 9.59 Å². The van der Waals surface area contributed by atoms with Crippen molar-refractivity contribution in [3.8, 4) is 0 Å². The van der Waals surface area contributed by atoms with Crippen LogP contribution in [0.5, 0.6) is 0 Å². The average molecular weight is 587 g/mol. The third-order valence-corrected chi connectivity index (χ3v) is 8.95. The number of halogens is 2. The average Bonchev–Trinajstić information content (AvgIpc) is 3.40. The summed E-state index contributed by atoms with van der Waals surface area (Å²) in [7, 11) is -4.12. The van der Waals surface area contributed by atoms with E-state index in [1.54, 1.807) is 24.3 Å². The van der Waals surface area contributed by atoms with Gasteiger partial charge in [0.05, 0.1) is 17.0 Å². The van der Waals surface area contributed by atoms with Crippen molar-refractivity contribution in [2.24, 2.45) is 0 Å². The molecule has 1 unspecified atom stereocenters. The van der Waals surface area contributed by atoms with E-state index in [0.717, 1.165) is 30.1 Å². The van der Waals surface area contributed by atoms with Crippen molar-refractivity contribution in [3.63, 3.8) is 0 Å². The second-order valence-corrected chi connectivity index (χ2v) is 11.7. The van der Waals surface area contributed by atoms with Gasteiger partial charge in [-0.2, -0.15) is 4.31 Å². The summed E-state index contributed by atoms with van der Waals surface area (Å²) in [5.41, 5.74) is 2.26. The van der Waals surface area contributed by atoms with Crippen molar-refractivity contribution >= 4 is 66.0 Å². The van der Waals surface area contributed by atoms with Crippen molar-refractivity contribution < 1.29 is 18.0 Å². The topological polar surface area (TPSA) is 90.5 Å². The minimum Gasteiger partial charge on any atom is -0.361 e. The Kier molecular flexibility index (Phi) is 6.74. The summed E-state index contributed by atoms with van der Waals surface area (Å²) in [5.74, 6) is -1.02. The highest BCUT2D eigenvalue weighted by molar-refractivity contribution is 9.10. The number of nitrogens with zero attached hydrogens (tertiary/aromatic N) is 2. The van der Waals surface area contributed by atoms with Gasteiger partial charge in [0.15, 0.2) is 0 Å². The van der Waals surface area contributed by atoms with Crippen molar-refractivity contribution in [2.45, 2.75) is 23.8 Å². The Labute approximate surface area is 221 Å². The lowest BCUT2D eigenvalue weighted by Crippen LogP contribution is -2.46. The van der Waals surface area contributed by atoms with Gasteiger partial charge in [0.2, 0.25) is 15.9 Å². The molecular weight excluding hydrogens is 566 g/mol. The second kappa shape index (κ2) is 9.82. The molecule has 36 heavy (non-hydrogen) atoms. The number of anilines is 1. The monoisotopic (exact) mass is 585 g/mol. The predicted molar refractivity (Wildman–Crippen MR) is 142 cm³/mol. The summed E-state index contributed by atoms with van der Waals surface area (Å²) in [5, 5.41) is 1.37. The number of benzene rings is 3. The third kappa shape index (κ3) is 4.59. The van der Waals surface area contributed by atoms with E-state index in [9.17, 15) is 18.0 Å². The van der Waals surface area contributed by atoms with Crippen LogP contribution >= 0.6 is 27.5 Å². The molecule has 184 valence electrons. The number of para-hydroxylation sites is 1. The Morgan fingerprint density at radius 2 is 1.69 bits per heavy atom. The lowest BCUT2D eigenvalue weighted by atomic mass is 10.1. The quantitative estimate of drug-likeness (QED) is 0.303. The molecule has 1 aliphatic heterocycles. The molecular formula is C26H21BrClN3O4S. The van der Waals surface area contributed by atoms with E-state index < -0.39 is 27.9 Å². The first-order valence-corrected chi connectivity index (χ1v) is 13.8. The molecule has 1 saturated heterocycles. The molecule has 0 bridgehead atoms. The molecule has 7 nitrogen and oxygen atoms in total. The Bertz CT molecular complexity index is 1550. The number of fused-ring (bicyclic) bond motifs is 1. The number of nitrogens with one attached hydrogen (secondary N) is 1. The number of hydrogen-bond acceptors (Lipinski definition) is 4. The lowest BCUT2D eigenvalue weighted by Gasteiger charge is -2.27. The zero-order chi connectivity index (χ0) is 25.4. The summed E-state index contributed by atoms with van der Waals surface area (Å²) >= 11 is 9.32. The number of carbonyl (C=O) groups excluding carboxylic acids is 2. The number of aromatic nitrogens is 1. The number of sulfonamides is 1. The zero-order valence-corrected chi connectivity index (χ0v) is 22.1. The third-order valence-electron chi connectivity index (χ3n) is 6.25. The molecule has 1 aliphatic rings. The maximum Gasteiger partial charge on any atom is 0.252 e. The molecule has 0 spiro atoms. The maximum absolute atomic E-state index is 13.8. The van der Waals surface area contributed by atoms with Gasteiger partial charge in [0, 0.05) is 33.1 Å². The van der Waals surface area contributed by atoms with Gasteiger partial charge < -0.3 is 4.98 Å². The summed E-state index contributed by atoms with van der Waals surface area (Å²) in [6, 6.07) is 19.1. The van der Waals surface area contributed by atoms with E-state index in [2.05, 4.69) is 20.9 Å². The number of H-pyrrole nitrogens is 1. The number of imide groups is 1. The Morgan fingerprint density at radius 3 is 2.42 bits per heavy atom. The molecule has 2 heterocycles. The number of carbonyl (C=O) groups is 2. The van der Waals surface area contributed by atoms with Gasteiger partial charge >= 0.3 is 0 Å². The molecule has 0 saturated carbocycles. The highest BCUT2D eigenvalue weighted by Gasteiger charge is 2.46. The van der Waals surface area contributed by atoms with E-state index >= 15 is 0 Å². The molecule has 1 atom stereocenters. The maximum atomic E-state index is 13.8. The van der Waals surface area contributed by atoms with Gasteiger partial charge in [-0.05, 0) is 66.6 Å². The normalized spacial score (nSPS) is 16.4. The lowest BCUT2D eigenvalue weighted by molar-refractivity contribution is -0.122. The fourth-order valence-electron chi connectivity index (χ4n) is 4.46. The van der Waals surface area contributed by atoms with E-state index in [1.807, 2.05) is 30.5 Å². The first-order valence-electron chi connectivity index (χ1n) is 11.2. The van der Waals surface area contributed by atoms with Crippen LogP contribution < -0.4 is 4.90 Å². The molecule has 3 aromatic carbocycles. The van der Waals surface area contributed by atoms with E-state index in [0.29, 0.717) is 17.1 Å². The van der Waals surface area contributed by atoms with Gasteiger partial charge in [-0.1, -0.05) is 45.7 Å². The SMILES string of the molecule is O=C1CC(N(CCc2c[nH]c3ccccc23)S(=O)(=O)c2ccc(Cl)cc2)C(=O)N1c1ccc(Br)cc1. The smallest absolute Gasteiger partial charge is 0.252 e. The Hall–Kier alpha value is -2.98. The van der Waals surface area contributed by atoms with Crippen LogP contribution in [0.25, 0.3) is 10.9 Å². The summed E-state index contributed by atoms with van der Waals surface area (Å²) < 4.78 is 29.5. The standard InChI is InChI=1S/C26H21BrClN3O4S/c27-18-5-9-20(10-6-18)31-25(32)15-24(26(31)33)30(36(34,35)21-11-7-19(28)8-12-21)14-13-17-16-29-23-4-2-1-3-22(17)23/h1-12,16,24,29H,13-15H2. The molecule has 10 heteroatoms. The molecule has 1 aromatic heterocycles. The van der Waals surface area contributed by atoms with Crippen molar-refractivity contribution in [2.75, 3.05) is 11.4 Å². The van der Waals surface area contributed by atoms with E-state index in [-0.39, 0.29) is 17.9 Å². The summed E-state index contributed by atoms with van der Waals surface area (Å²) in [6.07, 6.45) is 1.95. The van der Waals surface area contributed by atoms with Crippen LogP contribution in [0.3, 0.4) is 0 Å². The Balaban J connectivity index is 1.51. The van der Waals surface area contributed by atoms with Gasteiger partial charge in [-0.15, -0.1) is 0 Å².